The summed E-state index contributed by atoms with van der Waals surface area (Å²) in [7, 11) is 0. The second-order valence-electron chi connectivity index (χ2n) is 8.89. The van der Waals surface area contributed by atoms with Crippen LogP contribution >= 0.6 is 0 Å². The summed E-state index contributed by atoms with van der Waals surface area (Å²) in [6.45, 7) is 4.00. The number of amides is 1. The summed E-state index contributed by atoms with van der Waals surface area (Å²) in [5.41, 5.74) is 2.96. The first-order chi connectivity index (χ1) is 12.4. The Morgan fingerprint density at radius 2 is 2.08 bits per heavy atom. The van der Waals surface area contributed by atoms with Gasteiger partial charge in [-0.15, -0.1) is 0 Å². The molecule has 3 aliphatic carbocycles. The van der Waals surface area contributed by atoms with Crippen LogP contribution in [0.4, 0.5) is 0 Å². The van der Waals surface area contributed by atoms with Crippen molar-refractivity contribution in [3.05, 3.63) is 52.8 Å². The second kappa shape index (κ2) is 5.19. The summed E-state index contributed by atoms with van der Waals surface area (Å²) in [5, 5.41) is 18.1. The molecule has 1 aromatic carbocycles. The Morgan fingerprint density at radius 3 is 2.73 bits per heavy atom. The van der Waals surface area contributed by atoms with Gasteiger partial charge in [-0.25, -0.2) is 0 Å². The lowest BCUT2D eigenvalue weighted by Gasteiger charge is -2.19. The Labute approximate surface area is 153 Å². The molecule has 0 radical (unpaired) electrons. The van der Waals surface area contributed by atoms with Crippen molar-refractivity contribution in [2.75, 3.05) is 0 Å². The smallest absolute Gasteiger partial charge is 0.272 e. The van der Waals surface area contributed by atoms with Crippen molar-refractivity contribution in [2.24, 2.45) is 5.92 Å². The molecule has 0 unspecified atom stereocenters. The Bertz CT molecular complexity index is 875. The van der Waals surface area contributed by atoms with Crippen LogP contribution in [-0.4, -0.2) is 26.4 Å². The van der Waals surface area contributed by atoms with Crippen LogP contribution in [0.5, 0.6) is 0 Å². The molecule has 2 atom stereocenters. The number of carbonyl (C=O) groups is 1. The number of hydrogen-bond acceptors (Lipinski definition) is 3. The molecule has 5 nitrogen and oxygen atoms in total. The molecule has 136 valence electrons. The van der Waals surface area contributed by atoms with E-state index in [-0.39, 0.29) is 11.4 Å². The van der Waals surface area contributed by atoms with Gasteiger partial charge < -0.3 is 10.4 Å². The van der Waals surface area contributed by atoms with E-state index in [1.54, 1.807) is 13.8 Å². The Hall–Kier alpha value is -2.14. The van der Waals surface area contributed by atoms with Gasteiger partial charge in [0.2, 0.25) is 0 Å². The van der Waals surface area contributed by atoms with E-state index in [9.17, 15) is 9.90 Å². The highest BCUT2D eigenvalue weighted by molar-refractivity contribution is 5.95. The van der Waals surface area contributed by atoms with Crippen molar-refractivity contribution in [1.29, 1.82) is 0 Å². The molecule has 5 heteroatoms. The van der Waals surface area contributed by atoms with Gasteiger partial charge in [0, 0.05) is 17.2 Å². The highest BCUT2D eigenvalue weighted by Crippen LogP contribution is 2.57. The summed E-state index contributed by atoms with van der Waals surface area (Å²) >= 11 is 0. The molecule has 2 aromatic rings. The fourth-order valence-electron chi connectivity index (χ4n) is 4.51. The summed E-state index contributed by atoms with van der Waals surface area (Å²) in [4.78, 5) is 13.1. The molecule has 26 heavy (non-hydrogen) atoms. The standard InChI is InChI=1S/C21H25N3O2/c1-20(2,26)12-24-18-15-10-13(15)11-16(18)17(23-24)19(25)22-21(8-9-21)14-6-4-3-5-7-14/h3-7,13,15,26H,8-12H2,1-2H3,(H,22,25)/t13-,15-/m1/s1. The van der Waals surface area contributed by atoms with Gasteiger partial charge in [-0.3, -0.25) is 9.48 Å². The van der Waals surface area contributed by atoms with Gasteiger partial charge >= 0.3 is 0 Å². The largest absolute Gasteiger partial charge is 0.389 e. The molecule has 2 saturated carbocycles. The number of fused-ring (bicyclic) bond motifs is 3. The van der Waals surface area contributed by atoms with Crippen LogP contribution in [0.3, 0.4) is 0 Å². The first kappa shape index (κ1) is 16.1. The third kappa shape index (κ3) is 2.57. The predicted octanol–water partition coefficient (Wildman–Crippen LogP) is 2.73. The van der Waals surface area contributed by atoms with Gasteiger partial charge in [-0.1, -0.05) is 30.3 Å². The molecule has 0 saturated heterocycles. The minimum absolute atomic E-state index is 0.0709. The SMILES string of the molecule is CC(C)(O)Cn1nc(C(=O)NC2(c3ccccc3)CC2)c2c1[C@@H]1C[C@@H]1C2. The van der Waals surface area contributed by atoms with E-state index in [1.807, 2.05) is 22.9 Å². The first-order valence-electron chi connectivity index (χ1n) is 9.56. The molecule has 2 fully saturated rings. The average molecular weight is 351 g/mol. The van der Waals surface area contributed by atoms with Crippen molar-refractivity contribution in [2.45, 2.75) is 63.1 Å². The molecule has 0 bridgehead atoms. The molecule has 5 rings (SSSR count). The summed E-state index contributed by atoms with van der Waals surface area (Å²) < 4.78 is 1.89. The van der Waals surface area contributed by atoms with E-state index in [2.05, 4.69) is 22.5 Å². The maximum Gasteiger partial charge on any atom is 0.272 e. The van der Waals surface area contributed by atoms with Crippen LogP contribution in [0, 0.1) is 5.92 Å². The van der Waals surface area contributed by atoms with Gasteiger partial charge in [0.25, 0.3) is 5.91 Å². The topological polar surface area (TPSA) is 67.1 Å². The average Bonchev–Trinajstić information content (AvgIpc) is 3.47. The lowest BCUT2D eigenvalue weighted by molar-refractivity contribution is 0.0564. The molecule has 0 spiro atoms. The monoisotopic (exact) mass is 351 g/mol. The molecular weight excluding hydrogens is 326 g/mol. The van der Waals surface area contributed by atoms with E-state index in [1.165, 1.54) is 17.7 Å². The van der Waals surface area contributed by atoms with Crippen LogP contribution < -0.4 is 5.32 Å². The number of carbonyl (C=O) groups excluding carboxylic acids is 1. The van der Waals surface area contributed by atoms with Gasteiger partial charge in [0.05, 0.1) is 17.7 Å². The van der Waals surface area contributed by atoms with Crippen LogP contribution in [0.15, 0.2) is 30.3 Å². The predicted molar refractivity (Wildman–Crippen MR) is 97.9 cm³/mol. The number of benzene rings is 1. The molecule has 3 aliphatic rings. The van der Waals surface area contributed by atoms with Gasteiger partial charge in [0.1, 0.15) is 0 Å². The van der Waals surface area contributed by atoms with Crippen molar-refractivity contribution in [3.8, 4) is 0 Å². The van der Waals surface area contributed by atoms with E-state index < -0.39 is 5.60 Å². The van der Waals surface area contributed by atoms with Crippen LogP contribution in [0.2, 0.25) is 0 Å². The summed E-state index contributed by atoms with van der Waals surface area (Å²) in [6, 6.07) is 10.2. The number of nitrogens with zero attached hydrogens (tertiary/aromatic N) is 2. The highest BCUT2D eigenvalue weighted by atomic mass is 16.3. The lowest BCUT2D eigenvalue weighted by atomic mass is 10.0. The zero-order valence-corrected chi connectivity index (χ0v) is 15.3. The third-order valence-electron chi connectivity index (χ3n) is 6.01. The van der Waals surface area contributed by atoms with Crippen molar-refractivity contribution in [3.63, 3.8) is 0 Å². The van der Waals surface area contributed by atoms with Crippen LogP contribution in [-0.2, 0) is 18.5 Å². The summed E-state index contributed by atoms with van der Waals surface area (Å²) in [6.07, 6.45) is 4.09. The number of nitrogens with one attached hydrogen (secondary N) is 1. The normalized spacial score (nSPS) is 24.7. The third-order valence-corrected chi connectivity index (χ3v) is 6.01. The number of hydrogen-bond donors (Lipinski definition) is 2. The maximum absolute atomic E-state index is 13.1. The van der Waals surface area contributed by atoms with Gasteiger partial charge in [0.15, 0.2) is 5.69 Å². The second-order valence-corrected chi connectivity index (χ2v) is 8.89. The summed E-state index contributed by atoms with van der Waals surface area (Å²) in [5.74, 6) is 1.13. The fraction of sp³-hybridized carbons (Fsp3) is 0.524. The molecule has 0 aliphatic heterocycles. The number of aliphatic hydroxyl groups is 1. The first-order valence-corrected chi connectivity index (χ1v) is 9.56. The van der Waals surface area contributed by atoms with E-state index >= 15 is 0 Å². The highest BCUT2D eigenvalue weighted by Gasteiger charge is 2.51. The van der Waals surface area contributed by atoms with E-state index in [0.717, 1.165) is 24.8 Å². The van der Waals surface area contributed by atoms with E-state index in [4.69, 9.17) is 0 Å². The molecule has 1 amide bonds. The van der Waals surface area contributed by atoms with Crippen LogP contribution in [0.25, 0.3) is 0 Å². The van der Waals surface area contributed by atoms with Gasteiger partial charge in [-0.2, -0.15) is 5.10 Å². The zero-order chi connectivity index (χ0) is 18.1. The zero-order valence-electron chi connectivity index (χ0n) is 15.3. The Balaban J connectivity index is 1.45. The van der Waals surface area contributed by atoms with Gasteiger partial charge in [-0.05, 0) is 51.0 Å². The minimum Gasteiger partial charge on any atom is -0.389 e. The van der Waals surface area contributed by atoms with Crippen molar-refractivity contribution < 1.29 is 9.90 Å². The molecule has 1 heterocycles. The fourth-order valence-corrected chi connectivity index (χ4v) is 4.51. The molecular formula is C21H25N3O2. The Morgan fingerprint density at radius 1 is 1.35 bits per heavy atom. The maximum atomic E-state index is 13.1. The Kier molecular flexibility index (Phi) is 3.21. The van der Waals surface area contributed by atoms with Crippen molar-refractivity contribution in [1.82, 2.24) is 15.1 Å². The molecule has 2 N–H and O–H groups in total. The van der Waals surface area contributed by atoms with Crippen LogP contribution in [0.1, 0.15) is 66.3 Å². The number of rotatable bonds is 5. The van der Waals surface area contributed by atoms with Crippen molar-refractivity contribution >= 4 is 5.91 Å². The quantitative estimate of drug-likeness (QED) is 0.870. The molecule has 1 aromatic heterocycles. The van der Waals surface area contributed by atoms with E-state index in [0.29, 0.717) is 24.1 Å². The minimum atomic E-state index is -0.845. The number of aromatic nitrogens is 2. The lowest BCUT2D eigenvalue weighted by Crippen LogP contribution is -2.35.